The molecule has 0 radical (unpaired) electrons. The van der Waals surface area contributed by atoms with Gasteiger partial charge in [0, 0.05) is 32.4 Å². The lowest BCUT2D eigenvalue weighted by molar-refractivity contribution is -0.132. The number of likely N-dealkylation sites (N-methyl/N-ethyl adjacent to an activating group) is 2. The molecule has 21 heavy (non-hydrogen) atoms. The molecule has 1 aromatic rings. The van der Waals surface area contributed by atoms with Crippen LogP contribution in [0.15, 0.2) is 24.3 Å². The molecule has 0 aromatic heterocycles. The summed E-state index contributed by atoms with van der Waals surface area (Å²) in [5.41, 5.74) is 2.48. The molecule has 1 saturated heterocycles. The summed E-state index contributed by atoms with van der Waals surface area (Å²) in [5.74, 6) is 0.123. The van der Waals surface area contributed by atoms with Crippen molar-refractivity contribution in [3.63, 3.8) is 0 Å². The fourth-order valence-electron chi connectivity index (χ4n) is 2.77. The van der Waals surface area contributed by atoms with Crippen molar-refractivity contribution < 1.29 is 4.79 Å². The van der Waals surface area contributed by atoms with Crippen LogP contribution in [0.4, 0.5) is 5.69 Å². The van der Waals surface area contributed by atoms with Crippen LogP contribution >= 0.6 is 0 Å². The minimum atomic E-state index is -0.136. The van der Waals surface area contributed by atoms with Gasteiger partial charge < -0.3 is 15.1 Å². The minimum Gasteiger partial charge on any atom is -0.372 e. The van der Waals surface area contributed by atoms with E-state index < -0.39 is 0 Å². The number of carbonyl (C=O) groups is 1. The number of rotatable bonds is 5. The molecule has 4 heteroatoms. The quantitative estimate of drug-likeness (QED) is 0.903. The number of hydrogen-bond donors (Lipinski definition) is 1. The number of anilines is 1. The summed E-state index contributed by atoms with van der Waals surface area (Å²) < 4.78 is 0. The van der Waals surface area contributed by atoms with Gasteiger partial charge in [0.25, 0.3) is 0 Å². The summed E-state index contributed by atoms with van der Waals surface area (Å²) >= 11 is 0. The smallest absolute Gasteiger partial charge is 0.239 e. The summed E-state index contributed by atoms with van der Waals surface area (Å²) in [7, 11) is 3.67. The van der Waals surface area contributed by atoms with E-state index in [1.54, 1.807) is 4.90 Å². The molecule has 4 nitrogen and oxygen atoms in total. The van der Waals surface area contributed by atoms with Crippen molar-refractivity contribution in [3.8, 4) is 0 Å². The first kappa shape index (κ1) is 15.8. The number of hydrogen-bond acceptors (Lipinski definition) is 3. The maximum Gasteiger partial charge on any atom is 0.239 e. The molecule has 1 atom stereocenters. The topological polar surface area (TPSA) is 35.6 Å². The van der Waals surface area contributed by atoms with Crippen LogP contribution < -0.4 is 10.2 Å². The van der Waals surface area contributed by atoms with E-state index in [1.165, 1.54) is 30.5 Å². The van der Waals surface area contributed by atoms with Gasteiger partial charge in [-0.25, -0.2) is 0 Å². The molecule has 1 aromatic carbocycles. The van der Waals surface area contributed by atoms with Crippen molar-refractivity contribution in [2.45, 2.75) is 38.8 Å². The highest BCUT2D eigenvalue weighted by Crippen LogP contribution is 2.20. The third-order valence-electron chi connectivity index (χ3n) is 4.26. The Morgan fingerprint density at radius 1 is 1.24 bits per heavy atom. The highest BCUT2D eigenvalue weighted by molar-refractivity contribution is 5.81. The lowest BCUT2D eigenvalue weighted by atomic mass is 10.1. The molecular formula is C17H27N3O. The van der Waals surface area contributed by atoms with Crippen molar-refractivity contribution in [2.24, 2.45) is 0 Å². The minimum absolute atomic E-state index is 0.123. The molecule has 2 rings (SSSR count). The van der Waals surface area contributed by atoms with Crippen molar-refractivity contribution in [3.05, 3.63) is 29.8 Å². The van der Waals surface area contributed by atoms with E-state index in [1.807, 2.05) is 21.0 Å². The molecule has 0 aliphatic carbocycles. The average Bonchev–Trinajstić information content (AvgIpc) is 2.54. The van der Waals surface area contributed by atoms with E-state index in [9.17, 15) is 4.79 Å². The molecule has 0 saturated carbocycles. The fourth-order valence-corrected chi connectivity index (χ4v) is 2.77. The first-order valence-electron chi connectivity index (χ1n) is 7.88. The molecule has 1 aliphatic rings. The molecule has 116 valence electrons. The monoisotopic (exact) mass is 289 g/mol. The van der Waals surface area contributed by atoms with Gasteiger partial charge in [0.15, 0.2) is 0 Å². The van der Waals surface area contributed by atoms with Gasteiger partial charge >= 0.3 is 0 Å². The Bertz CT molecular complexity index is 452. The molecular weight excluding hydrogens is 262 g/mol. The summed E-state index contributed by atoms with van der Waals surface area (Å²) in [4.78, 5) is 16.3. The Hall–Kier alpha value is -1.55. The Morgan fingerprint density at radius 2 is 1.86 bits per heavy atom. The van der Waals surface area contributed by atoms with Crippen molar-refractivity contribution in [1.29, 1.82) is 0 Å². The van der Waals surface area contributed by atoms with Gasteiger partial charge in [0.05, 0.1) is 6.04 Å². The zero-order valence-corrected chi connectivity index (χ0v) is 13.4. The summed E-state index contributed by atoms with van der Waals surface area (Å²) in [5, 5.41) is 2.99. The van der Waals surface area contributed by atoms with E-state index in [0.29, 0.717) is 6.54 Å². The molecule has 1 aliphatic heterocycles. The SMILES string of the molecule is CNC(C)C(=O)N(C)Cc1ccc(N2CCCCC2)cc1. The second kappa shape index (κ2) is 7.46. The summed E-state index contributed by atoms with van der Waals surface area (Å²) in [6.07, 6.45) is 3.94. The van der Waals surface area contributed by atoms with Gasteiger partial charge in [0.1, 0.15) is 0 Å². The van der Waals surface area contributed by atoms with Crippen molar-refractivity contribution in [1.82, 2.24) is 10.2 Å². The first-order valence-corrected chi connectivity index (χ1v) is 7.88. The summed E-state index contributed by atoms with van der Waals surface area (Å²) in [6, 6.07) is 8.50. The number of benzene rings is 1. The van der Waals surface area contributed by atoms with Crippen LogP contribution in [-0.2, 0) is 11.3 Å². The van der Waals surface area contributed by atoms with Crippen LogP contribution in [0.5, 0.6) is 0 Å². The van der Waals surface area contributed by atoms with E-state index in [-0.39, 0.29) is 11.9 Å². The molecule has 1 fully saturated rings. The van der Waals surface area contributed by atoms with Crippen LogP contribution in [0.1, 0.15) is 31.7 Å². The maximum atomic E-state index is 12.0. The van der Waals surface area contributed by atoms with E-state index in [0.717, 1.165) is 13.1 Å². The van der Waals surface area contributed by atoms with Crippen LogP contribution in [0.3, 0.4) is 0 Å². The molecule has 1 N–H and O–H groups in total. The van der Waals surface area contributed by atoms with Gasteiger partial charge in [-0.15, -0.1) is 0 Å². The predicted octanol–water partition coefficient (Wildman–Crippen LogP) is 2.24. The Morgan fingerprint density at radius 3 is 2.43 bits per heavy atom. The Kier molecular flexibility index (Phi) is 5.62. The van der Waals surface area contributed by atoms with Crippen LogP contribution in [0, 0.1) is 0 Å². The highest BCUT2D eigenvalue weighted by Gasteiger charge is 2.16. The van der Waals surface area contributed by atoms with Crippen molar-refractivity contribution in [2.75, 3.05) is 32.1 Å². The number of nitrogens with one attached hydrogen (secondary N) is 1. The predicted molar refractivity (Wildman–Crippen MR) is 87.5 cm³/mol. The standard InChI is InChI=1S/C17H27N3O/c1-14(18-2)17(21)19(3)13-15-7-9-16(10-8-15)20-11-5-4-6-12-20/h7-10,14,18H,4-6,11-13H2,1-3H3. The highest BCUT2D eigenvalue weighted by atomic mass is 16.2. The third kappa shape index (κ3) is 4.21. The number of amides is 1. The van der Waals surface area contributed by atoms with Crippen LogP contribution in [0.25, 0.3) is 0 Å². The van der Waals surface area contributed by atoms with Gasteiger partial charge in [-0.2, -0.15) is 0 Å². The first-order chi connectivity index (χ1) is 10.1. The molecule has 1 unspecified atom stereocenters. The van der Waals surface area contributed by atoms with Crippen molar-refractivity contribution >= 4 is 11.6 Å². The molecule has 0 spiro atoms. The molecule has 1 heterocycles. The Labute approximate surface area is 128 Å². The normalized spacial score (nSPS) is 16.6. The third-order valence-corrected chi connectivity index (χ3v) is 4.26. The second-order valence-corrected chi connectivity index (χ2v) is 5.92. The van der Waals surface area contributed by atoms with E-state index in [4.69, 9.17) is 0 Å². The number of nitrogens with zero attached hydrogens (tertiary/aromatic N) is 2. The van der Waals surface area contributed by atoms with E-state index >= 15 is 0 Å². The zero-order valence-electron chi connectivity index (χ0n) is 13.4. The Balaban J connectivity index is 1.94. The maximum absolute atomic E-state index is 12.0. The zero-order chi connectivity index (χ0) is 15.2. The van der Waals surface area contributed by atoms with Gasteiger partial charge in [0.2, 0.25) is 5.91 Å². The lowest BCUT2D eigenvalue weighted by Crippen LogP contribution is -2.41. The second-order valence-electron chi connectivity index (χ2n) is 5.92. The van der Waals surface area contributed by atoms with Gasteiger partial charge in [-0.1, -0.05) is 12.1 Å². The van der Waals surface area contributed by atoms with Gasteiger partial charge in [-0.05, 0) is 50.9 Å². The lowest BCUT2D eigenvalue weighted by Gasteiger charge is -2.29. The number of piperidine rings is 1. The average molecular weight is 289 g/mol. The van der Waals surface area contributed by atoms with Crippen LogP contribution in [-0.4, -0.2) is 44.0 Å². The van der Waals surface area contributed by atoms with E-state index in [2.05, 4.69) is 34.5 Å². The largest absolute Gasteiger partial charge is 0.372 e. The number of carbonyl (C=O) groups excluding carboxylic acids is 1. The molecule has 1 amide bonds. The van der Waals surface area contributed by atoms with Crippen LogP contribution in [0.2, 0.25) is 0 Å². The molecule has 0 bridgehead atoms. The fraction of sp³-hybridized carbons (Fsp3) is 0.588. The van der Waals surface area contributed by atoms with Gasteiger partial charge in [-0.3, -0.25) is 4.79 Å². The summed E-state index contributed by atoms with van der Waals surface area (Å²) in [6.45, 7) is 4.87.